The van der Waals surface area contributed by atoms with Gasteiger partial charge in [-0.05, 0) is 24.6 Å². The summed E-state index contributed by atoms with van der Waals surface area (Å²) in [6.45, 7) is 1.82. The molecular formula is C17H15NO3. The molecule has 0 aliphatic carbocycles. The highest BCUT2D eigenvalue weighted by molar-refractivity contribution is 5.71. The molecular weight excluding hydrogens is 266 g/mol. The molecule has 0 amide bonds. The Morgan fingerprint density at radius 2 is 1.86 bits per heavy atom. The Morgan fingerprint density at radius 3 is 2.62 bits per heavy atom. The molecule has 0 unspecified atom stereocenters. The first-order valence-electron chi connectivity index (χ1n) is 6.53. The summed E-state index contributed by atoms with van der Waals surface area (Å²) in [7, 11) is 0. The normalized spacial score (nSPS) is 9.71. The van der Waals surface area contributed by atoms with Gasteiger partial charge in [-0.2, -0.15) is 5.26 Å². The molecule has 0 aliphatic heterocycles. The zero-order chi connectivity index (χ0) is 15.1. The van der Waals surface area contributed by atoms with Crippen molar-refractivity contribution >= 4 is 5.97 Å². The molecule has 0 N–H and O–H groups in total. The predicted octanol–water partition coefficient (Wildman–Crippen LogP) is 2.99. The number of carbonyl (C=O) groups excluding carboxylic acids is 1. The largest absolute Gasteiger partial charge is 0.482 e. The van der Waals surface area contributed by atoms with Gasteiger partial charge in [0.15, 0.2) is 6.61 Å². The molecule has 0 spiro atoms. The van der Waals surface area contributed by atoms with E-state index in [-0.39, 0.29) is 13.2 Å². The van der Waals surface area contributed by atoms with Crippen molar-refractivity contribution in [1.29, 1.82) is 5.26 Å². The highest BCUT2D eigenvalue weighted by Crippen LogP contribution is 2.16. The summed E-state index contributed by atoms with van der Waals surface area (Å²) in [5, 5.41) is 8.95. The number of nitrogens with zero attached hydrogens (tertiary/aromatic N) is 1. The monoisotopic (exact) mass is 281 g/mol. The molecule has 0 fully saturated rings. The van der Waals surface area contributed by atoms with Crippen molar-refractivity contribution in [1.82, 2.24) is 0 Å². The van der Waals surface area contributed by atoms with Gasteiger partial charge in [-0.25, -0.2) is 4.79 Å². The zero-order valence-corrected chi connectivity index (χ0v) is 11.7. The SMILES string of the molecule is Cc1ccccc1OCC(=O)OCc1ccccc1C#N. The second-order valence-electron chi connectivity index (χ2n) is 4.48. The third-order valence-electron chi connectivity index (χ3n) is 2.97. The zero-order valence-electron chi connectivity index (χ0n) is 11.7. The lowest BCUT2D eigenvalue weighted by atomic mass is 10.1. The van der Waals surface area contributed by atoms with Crippen molar-refractivity contribution in [3.63, 3.8) is 0 Å². The first-order valence-corrected chi connectivity index (χ1v) is 6.53. The lowest BCUT2D eigenvalue weighted by molar-refractivity contribution is -0.147. The Hall–Kier alpha value is -2.80. The standard InChI is InChI=1S/C17H15NO3/c1-13-6-2-5-9-16(13)20-12-17(19)21-11-15-8-4-3-7-14(15)10-18/h2-9H,11-12H2,1H3. The van der Waals surface area contributed by atoms with E-state index < -0.39 is 5.97 Å². The van der Waals surface area contributed by atoms with Crippen LogP contribution in [0.5, 0.6) is 5.75 Å². The minimum atomic E-state index is -0.467. The van der Waals surface area contributed by atoms with Crippen LogP contribution in [0, 0.1) is 18.3 Å². The fraction of sp³-hybridized carbons (Fsp3) is 0.176. The van der Waals surface area contributed by atoms with Crippen molar-refractivity contribution < 1.29 is 14.3 Å². The molecule has 0 saturated carbocycles. The third kappa shape index (κ3) is 4.08. The molecule has 4 heteroatoms. The molecule has 106 valence electrons. The van der Waals surface area contributed by atoms with E-state index in [0.29, 0.717) is 16.9 Å². The second-order valence-corrected chi connectivity index (χ2v) is 4.48. The number of carbonyl (C=O) groups is 1. The maximum absolute atomic E-state index is 11.7. The Kier molecular flexibility index (Phi) is 4.94. The predicted molar refractivity (Wildman–Crippen MR) is 77.6 cm³/mol. The minimum Gasteiger partial charge on any atom is -0.482 e. The van der Waals surface area contributed by atoms with Crippen LogP contribution >= 0.6 is 0 Å². The van der Waals surface area contributed by atoms with Gasteiger partial charge in [-0.15, -0.1) is 0 Å². The van der Waals surface area contributed by atoms with E-state index in [0.717, 1.165) is 5.56 Å². The van der Waals surface area contributed by atoms with Crippen LogP contribution < -0.4 is 4.74 Å². The molecule has 2 rings (SSSR count). The van der Waals surface area contributed by atoms with Crippen molar-refractivity contribution in [3.05, 3.63) is 65.2 Å². The molecule has 0 atom stereocenters. The first kappa shape index (κ1) is 14.6. The summed E-state index contributed by atoms with van der Waals surface area (Å²) in [6.07, 6.45) is 0. The minimum absolute atomic E-state index is 0.0691. The number of nitriles is 1. The molecule has 0 aliphatic rings. The molecule has 2 aromatic carbocycles. The molecule has 0 aromatic heterocycles. The Bertz CT molecular complexity index is 674. The molecule has 0 saturated heterocycles. The first-order chi connectivity index (χ1) is 10.2. The maximum Gasteiger partial charge on any atom is 0.344 e. The summed E-state index contributed by atoms with van der Waals surface area (Å²) in [5.74, 6) is 0.192. The van der Waals surface area contributed by atoms with E-state index in [1.807, 2.05) is 25.1 Å². The van der Waals surface area contributed by atoms with Crippen LogP contribution in [0.2, 0.25) is 0 Å². The lowest BCUT2D eigenvalue weighted by Crippen LogP contribution is -2.15. The molecule has 2 aromatic rings. The van der Waals surface area contributed by atoms with Crippen LogP contribution in [-0.4, -0.2) is 12.6 Å². The molecule has 4 nitrogen and oxygen atoms in total. The number of aryl methyl sites for hydroxylation is 1. The summed E-state index contributed by atoms with van der Waals surface area (Å²) < 4.78 is 10.5. The van der Waals surface area contributed by atoms with Crippen molar-refractivity contribution in [3.8, 4) is 11.8 Å². The molecule has 0 bridgehead atoms. The summed E-state index contributed by atoms with van der Waals surface area (Å²) in [4.78, 5) is 11.7. The molecule has 0 heterocycles. The third-order valence-corrected chi connectivity index (χ3v) is 2.97. The van der Waals surface area contributed by atoms with Crippen LogP contribution in [0.3, 0.4) is 0 Å². The Labute approximate surface area is 123 Å². The number of ether oxygens (including phenoxy) is 2. The smallest absolute Gasteiger partial charge is 0.344 e. The van der Waals surface area contributed by atoms with Crippen LogP contribution in [0.4, 0.5) is 0 Å². The van der Waals surface area contributed by atoms with Gasteiger partial charge >= 0.3 is 5.97 Å². The fourth-order valence-electron chi connectivity index (χ4n) is 1.81. The summed E-state index contributed by atoms with van der Waals surface area (Å²) in [5.41, 5.74) is 2.15. The highest BCUT2D eigenvalue weighted by atomic mass is 16.6. The number of para-hydroxylation sites is 1. The van der Waals surface area contributed by atoms with Gasteiger partial charge in [0.1, 0.15) is 12.4 Å². The van der Waals surface area contributed by atoms with Gasteiger partial charge in [0.05, 0.1) is 11.6 Å². The van der Waals surface area contributed by atoms with E-state index in [4.69, 9.17) is 14.7 Å². The van der Waals surface area contributed by atoms with Gasteiger partial charge in [0, 0.05) is 5.56 Å². The Morgan fingerprint density at radius 1 is 1.14 bits per heavy atom. The van der Waals surface area contributed by atoms with E-state index in [1.54, 1.807) is 30.3 Å². The number of rotatable bonds is 5. The maximum atomic E-state index is 11.7. The number of esters is 1. The molecule has 0 radical (unpaired) electrons. The van der Waals surface area contributed by atoms with Gasteiger partial charge in [0.25, 0.3) is 0 Å². The van der Waals surface area contributed by atoms with Crippen LogP contribution in [-0.2, 0) is 16.1 Å². The average molecular weight is 281 g/mol. The summed E-state index contributed by atoms with van der Waals surface area (Å²) in [6, 6.07) is 16.5. The van der Waals surface area contributed by atoms with Crippen molar-refractivity contribution in [2.24, 2.45) is 0 Å². The van der Waals surface area contributed by atoms with Crippen molar-refractivity contribution in [2.75, 3.05) is 6.61 Å². The number of hydrogen-bond donors (Lipinski definition) is 0. The number of hydrogen-bond acceptors (Lipinski definition) is 4. The van der Waals surface area contributed by atoms with Crippen LogP contribution in [0.15, 0.2) is 48.5 Å². The average Bonchev–Trinajstić information content (AvgIpc) is 2.52. The van der Waals surface area contributed by atoms with Gasteiger partial charge in [-0.3, -0.25) is 0 Å². The topological polar surface area (TPSA) is 59.3 Å². The summed E-state index contributed by atoms with van der Waals surface area (Å²) >= 11 is 0. The van der Waals surface area contributed by atoms with E-state index in [2.05, 4.69) is 6.07 Å². The molecule has 21 heavy (non-hydrogen) atoms. The number of benzene rings is 2. The van der Waals surface area contributed by atoms with Gasteiger partial charge in [-0.1, -0.05) is 36.4 Å². The van der Waals surface area contributed by atoms with E-state index in [1.165, 1.54) is 0 Å². The van der Waals surface area contributed by atoms with Gasteiger partial charge < -0.3 is 9.47 Å². The van der Waals surface area contributed by atoms with Crippen LogP contribution in [0.25, 0.3) is 0 Å². The van der Waals surface area contributed by atoms with E-state index in [9.17, 15) is 4.79 Å². The quantitative estimate of drug-likeness (QED) is 0.790. The lowest BCUT2D eigenvalue weighted by Gasteiger charge is -2.09. The van der Waals surface area contributed by atoms with Gasteiger partial charge in [0.2, 0.25) is 0 Å². The van der Waals surface area contributed by atoms with Crippen LogP contribution in [0.1, 0.15) is 16.7 Å². The fourth-order valence-corrected chi connectivity index (χ4v) is 1.81. The highest BCUT2D eigenvalue weighted by Gasteiger charge is 2.08. The van der Waals surface area contributed by atoms with Crippen molar-refractivity contribution in [2.45, 2.75) is 13.5 Å². The van der Waals surface area contributed by atoms with E-state index >= 15 is 0 Å². The second kappa shape index (κ2) is 7.11. The Balaban J connectivity index is 1.86.